The monoisotopic (exact) mass is 316 g/mol. The van der Waals surface area contributed by atoms with E-state index >= 15 is 0 Å². The van der Waals surface area contributed by atoms with Crippen molar-refractivity contribution in [2.45, 2.75) is 25.4 Å². The molecule has 0 saturated heterocycles. The fourth-order valence-corrected chi connectivity index (χ4v) is 3.16. The van der Waals surface area contributed by atoms with Crippen molar-refractivity contribution in [1.82, 2.24) is 20.1 Å². The maximum atomic E-state index is 6.04. The molecule has 1 N–H and O–H groups in total. The van der Waals surface area contributed by atoms with Gasteiger partial charge in [0.2, 0.25) is 0 Å². The lowest BCUT2D eigenvalue weighted by Gasteiger charge is -2.25. The zero-order valence-corrected chi connectivity index (χ0v) is 12.9. The van der Waals surface area contributed by atoms with Crippen LogP contribution in [0.15, 0.2) is 30.1 Å². The van der Waals surface area contributed by atoms with E-state index in [1.807, 2.05) is 22.9 Å². The van der Waals surface area contributed by atoms with E-state index in [1.54, 1.807) is 6.33 Å². The van der Waals surface area contributed by atoms with Gasteiger partial charge in [-0.25, -0.2) is 9.67 Å². The average molecular weight is 317 g/mol. The largest absolute Gasteiger partial charge is 0.489 e. The van der Waals surface area contributed by atoms with Crippen LogP contribution in [0.1, 0.15) is 17.8 Å². The standard InChI is InChI=1S/C16H17ClN4O/c17-13-1-3-15-12(6-13)5-11(9-22-15)7-18-14-2-4-16-19-10-20-21(16)8-14/h1,3,5-6,10,14,18H,2,4,7-9H2/t14-/m0/s1. The second kappa shape index (κ2) is 5.74. The van der Waals surface area contributed by atoms with Crippen LogP contribution in [-0.4, -0.2) is 34.0 Å². The van der Waals surface area contributed by atoms with Gasteiger partial charge >= 0.3 is 0 Å². The highest BCUT2D eigenvalue weighted by molar-refractivity contribution is 6.30. The molecule has 0 unspecified atom stereocenters. The SMILES string of the molecule is Clc1ccc2c(c1)C=C(CN[C@H]1CCc3ncnn3C1)CO2. The normalized spacial score (nSPS) is 19.9. The van der Waals surface area contributed by atoms with Crippen LogP contribution in [0.2, 0.25) is 5.02 Å². The van der Waals surface area contributed by atoms with Crippen molar-refractivity contribution in [2.24, 2.45) is 0 Å². The van der Waals surface area contributed by atoms with Crippen molar-refractivity contribution in [3.63, 3.8) is 0 Å². The predicted octanol–water partition coefficient (Wildman–Crippen LogP) is 2.31. The number of hydrogen-bond donors (Lipinski definition) is 1. The van der Waals surface area contributed by atoms with Gasteiger partial charge in [-0.2, -0.15) is 5.10 Å². The highest BCUT2D eigenvalue weighted by atomic mass is 35.5. The molecule has 0 radical (unpaired) electrons. The fraction of sp³-hybridized carbons (Fsp3) is 0.375. The molecule has 114 valence electrons. The molecule has 1 atom stereocenters. The summed E-state index contributed by atoms with van der Waals surface area (Å²) >= 11 is 6.04. The predicted molar refractivity (Wildman–Crippen MR) is 85.1 cm³/mol. The maximum absolute atomic E-state index is 6.04. The molecule has 2 aliphatic heterocycles. The van der Waals surface area contributed by atoms with Gasteiger partial charge in [0.1, 0.15) is 24.5 Å². The Balaban J connectivity index is 1.41. The van der Waals surface area contributed by atoms with E-state index in [0.717, 1.165) is 48.1 Å². The molecule has 0 saturated carbocycles. The van der Waals surface area contributed by atoms with E-state index in [2.05, 4.69) is 21.5 Å². The van der Waals surface area contributed by atoms with Crippen molar-refractivity contribution >= 4 is 17.7 Å². The summed E-state index contributed by atoms with van der Waals surface area (Å²) < 4.78 is 7.77. The molecule has 1 aromatic carbocycles. The summed E-state index contributed by atoms with van der Waals surface area (Å²) in [6.07, 6.45) is 5.87. The lowest BCUT2D eigenvalue weighted by Crippen LogP contribution is -2.39. The zero-order valence-electron chi connectivity index (χ0n) is 12.1. The molecule has 3 heterocycles. The Morgan fingerprint density at radius 2 is 2.36 bits per heavy atom. The zero-order chi connectivity index (χ0) is 14.9. The van der Waals surface area contributed by atoms with Gasteiger partial charge in [-0.05, 0) is 36.3 Å². The van der Waals surface area contributed by atoms with Gasteiger partial charge in [0, 0.05) is 29.6 Å². The summed E-state index contributed by atoms with van der Waals surface area (Å²) in [5.41, 5.74) is 2.29. The number of benzene rings is 1. The van der Waals surface area contributed by atoms with E-state index in [1.165, 1.54) is 5.57 Å². The van der Waals surface area contributed by atoms with Crippen LogP contribution >= 0.6 is 11.6 Å². The molecule has 22 heavy (non-hydrogen) atoms. The van der Waals surface area contributed by atoms with Crippen LogP contribution in [0.3, 0.4) is 0 Å². The summed E-state index contributed by atoms with van der Waals surface area (Å²) in [7, 11) is 0. The molecule has 2 aromatic rings. The highest BCUT2D eigenvalue weighted by Crippen LogP contribution is 2.28. The summed E-state index contributed by atoms with van der Waals surface area (Å²) in [4.78, 5) is 4.25. The Labute approximate surface area is 134 Å². The molecule has 0 aliphatic carbocycles. The van der Waals surface area contributed by atoms with Crippen molar-refractivity contribution < 1.29 is 4.74 Å². The lowest BCUT2D eigenvalue weighted by atomic mass is 10.1. The smallest absolute Gasteiger partial charge is 0.138 e. The number of nitrogens with one attached hydrogen (secondary N) is 1. The lowest BCUT2D eigenvalue weighted by molar-refractivity contribution is 0.330. The molecule has 0 amide bonds. The summed E-state index contributed by atoms with van der Waals surface area (Å²) in [6, 6.07) is 6.15. The molecule has 0 spiro atoms. The summed E-state index contributed by atoms with van der Waals surface area (Å²) in [5, 5.41) is 8.59. The Morgan fingerprint density at radius 1 is 1.41 bits per heavy atom. The maximum Gasteiger partial charge on any atom is 0.138 e. The van der Waals surface area contributed by atoms with E-state index in [9.17, 15) is 0 Å². The number of nitrogens with zero attached hydrogens (tertiary/aromatic N) is 3. The third-order valence-electron chi connectivity index (χ3n) is 4.17. The van der Waals surface area contributed by atoms with Gasteiger partial charge in [0.25, 0.3) is 0 Å². The van der Waals surface area contributed by atoms with Crippen molar-refractivity contribution in [3.8, 4) is 5.75 Å². The Morgan fingerprint density at radius 3 is 3.32 bits per heavy atom. The van der Waals surface area contributed by atoms with Gasteiger partial charge in [-0.1, -0.05) is 11.6 Å². The van der Waals surface area contributed by atoms with Gasteiger partial charge in [0.05, 0.1) is 6.54 Å². The second-order valence-electron chi connectivity index (χ2n) is 5.75. The Kier molecular flexibility index (Phi) is 3.60. The van der Waals surface area contributed by atoms with E-state index in [-0.39, 0.29) is 0 Å². The number of fused-ring (bicyclic) bond motifs is 2. The fourth-order valence-electron chi connectivity index (χ4n) is 2.98. The molecule has 6 heteroatoms. The number of hydrogen-bond acceptors (Lipinski definition) is 4. The third-order valence-corrected chi connectivity index (χ3v) is 4.40. The number of aryl methyl sites for hydroxylation is 1. The molecule has 1 aromatic heterocycles. The molecule has 2 aliphatic rings. The first-order chi connectivity index (χ1) is 10.8. The Hall–Kier alpha value is -1.85. The summed E-state index contributed by atoms with van der Waals surface area (Å²) in [5.74, 6) is 1.99. The third kappa shape index (κ3) is 2.74. The average Bonchev–Trinajstić information content (AvgIpc) is 3.00. The van der Waals surface area contributed by atoms with Gasteiger partial charge in [0.15, 0.2) is 0 Å². The van der Waals surface area contributed by atoms with Crippen LogP contribution in [0.25, 0.3) is 6.08 Å². The molecular formula is C16H17ClN4O. The van der Waals surface area contributed by atoms with Crippen molar-refractivity contribution in [2.75, 3.05) is 13.2 Å². The Bertz CT molecular complexity index is 725. The minimum atomic E-state index is 0.427. The molecule has 0 fully saturated rings. The van der Waals surface area contributed by atoms with Crippen LogP contribution in [0.5, 0.6) is 5.75 Å². The quantitative estimate of drug-likeness (QED) is 0.944. The van der Waals surface area contributed by atoms with Crippen LogP contribution in [0.4, 0.5) is 0 Å². The number of rotatable bonds is 3. The molecule has 0 bridgehead atoms. The minimum absolute atomic E-state index is 0.427. The van der Waals surface area contributed by atoms with Crippen LogP contribution in [-0.2, 0) is 13.0 Å². The van der Waals surface area contributed by atoms with Gasteiger partial charge in [-0.15, -0.1) is 0 Å². The van der Waals surface area contributed by atoms with Gasteiger partial charge < -0.3 is 10.1 Å². The first-order valence-electron chi connectivity index (χ1n) is 7.50. The second-order valence-corrected chi connectivity index (χ2v) is 6.18. The van der Waals surface area contributed by atoms with E-state index in [4.69, 9.17) is 16.3 Å². The first-order valence-corrected chi connectivity index (χ1v) is 7.87. The number of halogens is 1. The summed E-state index contributed by atoms with van der Waals surface area (Å²) in [6.45, 7) is 2.33. The van der Waals surface area contributed by atoms with Crippen LogP contribution in [0, 0.1) is 0 Å². The van der Waals surface area contributed by atoms with E-state index < -0.39 is 0 Å². The molecule has 4 rings (SSSR count). The topological polar surface area (TPSA) is 52.0 Å². The van der Waals surface area contributed by atoms with Crippen molar-refractivity contribution in [1.29, 1.82) is 0 Å². The minimum Gasteiger partial charge on any atom is -0.489 e. The molecule has 5 nitrogen and oxygen atoms in total. The van der Waals surface area contributed by atoms with Crippen molar-refractivity contribution in [3.05, 3.63) is 46.5 Å². The first kappa shape index (κ1) is 13.8. The number of ether oxygens (including phenoxy) is 1. The van der Waals surface area contributed by atoms with E-state index in [0.29, 0.717) is 12.6 Å². The molecular weight excluding hydrogens is 300 g/mol. The van der Waals surface area contributed by atoms with Gasteiger partial charge in [-0.3, -0.25) is 0 Å². The van der Waals surface area contributed by atoms with Crippen LogP contribution < -0.4 is 10.1 Å². The highest BCUT2D eigenvalue weighted by Gasteiger charge is 2.20. The number of aromatic nitrogens is 3.